The fourth-order valence-corrected chi connectivity index (χ4v) is 2.80. The van der Waals surface area contributed by atoms with E-state index in [-0.39, 0.29) is 0 Å². The molecule has 0 atom stereocenters. The number of imidazole rings is 1. The molecule has 0 radical (unpaired) electrons. The third-order valence-electron chi connectivity index (χ3n) is 3.62. The molecule has 0 spiro atoms. The number of nitrogens with one attached hydrogen (secondary N) is 1. The molecule has 1 aliphatic heterocycles. The number of fused-ring (bicyclic) bond motifs is 1. The van der Waals surface area contributed by atoms with E-state index in [0.29, 0.717) is 12.6 Å². The van der Waals surface area contributed by atoms with E-state index in [1.54, 1.807) is 7.11 Å². The second-order valence-corrected chi connectivity index (χ2v) is 4.80. The molecule has 0 amide bonds. The van der Waals surface area contributed by atoms with Crippen LogP contribution in [0.25, 0.3) is 11.0 Å². The molecule has 1 saturated heterocycles. The number of piperidine rings is 1. The van der Waals surface area contributed by atoms with Crippen LogP contribution in [0, 0.1) is 0 Å². The number of rotatable bonds is 3. The molecule has 1 aromatic carbocycles. The number of para-hydroxylation sites is 2. The zero-order chi connectivity index (χ0) is 12.4. The van der Waals surface area contributed by atoms with Crippen molar-refractivity contribution in [2.45, 2.75) is 25.5 Å². The van der Waals surface area contributed by atoms with Crippen molar-refractivity contribution in [1.29, 1.82) is 0 Å². The molecule has 0 saturated carbocycles. The number of hydrogen-bond donors (Lipinski definition) is 1. The first-order valence-electron chi connectivity index (χ1n) is 6.55. The van der Waals surface area contributed by atoms with Crippen molar-refractivity contribution < 1.29 is 4.74 Å². The van der Waals surface area contributed by atoms with Crippen LogP contribution in [0.1, 0.15) is 24.7 Å². The average Bonchev–Trinajstić information content (AvgIpc) is 2.78. The number of nitrogens with zero attached hydrogens (tertiary/aromatic N) is 2. The minimum Gasteiger partial charge on any atom is -0.377 e. The summed E-state index contributed by atoms with van der Waals surface area (Å²) in [7, 11) is 1.73. The molecular weight excluding hydrogens is 226 g/mol. The summed E-state index contributed by atoms with van der Waals surface area (Å²) in [5.74, 6) is 1.05. The van der Waals surface area contributed by atoms with Crippen LogP contribution in [0.4, 0.5) is 0 Å². The van der Waals surface area contributed by atoms with Crippen LogP contribution in [-0.2, 0) is 11.3 Å². The predicted molar refractivity (Wildman–Crippen MR) is 71.6 cm³/mol. The monoisotopic (exact) mass is 245 g/mol. The molecule has 1 aliphatic rings. The SMILES string of the molecule is COCc1nc2ccccc2n1C1CCNCC1. The molecule has 18 heavy (non-hydrogen) atoms. The Kier molecular flexibility index (Phi) is 3.30. The van der Waals surface area contributed by atoms with Crippen LogP contribution in [0.15, 0.2) is 24.3 Å². The van der Waals surface area contributed by atoms with Gasteiger partial charge in [-0.3, -0.25) is 0 Å². The summed E-state index contributed by atoms with van der Waals surface area (Å²) in [6, 6.07) is 8.90. The molecule has 4 nitrogen and oxygen atoms in total. The van der Waals surface area contributed by atoms with Crippen LogP contribution >= 0.6 is 0 Å². The maximum absolute atomic E-state index is 5.29. The van der Waals surface area contributed by atoms with E-state index in [1.807, 2.05) is 6.07 Å². The molecular formula is C14H19N3O. The Hall–Kier alpha value is -1.39. The lowest BCUT2D eigenvalue weighted by molar-refractivity contribution is 0.171. The number of ether oxygens (including phenoxy) is 1. The molecule has 0 bridgehead atoms. The van der Waals surface area contributed by atoms with Crippen molar-refractivity contribution in [2.24, 2.45) is 0 Å². The fraction of sp³-hybridized carbons (Fsp3) is 0.500. The molecule has 1 N–H and O–H groups in total. The maximum Gasteiger partial charge on any atom is 0.136 e. The van der Waals surface area contributed by atoms with Gasteiger partial charge in [0, 0.05) is 13.2 Å². The van der Waals surface area contributed by atoms with Crippen molar-refractivity contribution in [3.63, 3.8) is 0 Å². The summed E-state index contributed by atoms with van der Waals surface area (Å²) in [5.41, 5.74) is 2.31. The third-order valence-corrected chi connectivity index (χ3v) is 3.62. The Morgan fingerprint density at radius 1 is 1.33 bits per heavy atom. The van der Waals surface area contributed by atoms with Crippen LogP contribution in [0.5, 0.6) is 0 Å². The quantitative estimate of drug-likeness (QED) is 0.900. The number of methoxy groups -OCH3 is 1. The number of hydrogen-bond acceptors (Lipinski definition) is 3. The van der Waals surface area contributed by atoms with Gasteiger partial charge >= 0.3 is 0 Å². The lowest BCUT2D eigenvalue weighted by Gasteiger charge is -2.26. The highest BCUT2D eigenvalue weighted by Crippen LogP contribution is 2.27. The Balaban J connectivity index is 2.07. The zero-order valence-corrected chi connectivity index (χ0v) is 10.7. The minimum atomic E-state index is 0.545. The Morgan fingerprint density at radius 2 is 2.11 bits per heavy atom. The van der Waals surface area contributed by atoms with Gasteiger partial charge in [0.15, 0.2) is 0 Å². The summed E-state index contributed by atoms with van der Waals surface area (Å²) in [6.45, 7) is 2.76. The molecule has 2 aromatic rings. The van der Waals surface area contributed by atoms with Gasteiger partial charge in [0.25, 0.3) is 0 Å². The van der Waals surface area contributed by atoms with Gasteiger partial charge in [-0.1, -0.05) is 12.1 Å². The van der Waals surface area contributed by atoms with E-state index in [2.05, 4.69) is 28.1 Å². The van der Waals surface area contributed by atoms with E-state index >= 15 is 0 Å². The molecule has 2 heterocycles. The fourth-order valence-electron chi connectivity index (χ4n) is 2.80. The van der Waals surface area contributed by atoms with Crippen molar-refractivity contribution in [3.05, 3.63) is 30.1 Å². The van der Waals surface area contributed by atoms with E-state index in [0.717, 1.165) is 37.3 Å². The topological polar surface area (TPSA) is 39.1 Å². The summed E-state index contributed by atoms with van der Waals surface area (Å²) in [6.07, 6.45) is 2.33. The van der Waals surface area contributed by atoms with E-state index < -0.39 is 0 Å². The first kappa shape index (κ1) is 11.7. The Bertz CT molecular complexity index is 529. The third kappa shape index (κ3) is 2.02. The van der Waals surface area contributed by atoms with Gasteiger partial charge in [-0.15, -0.1) is 0 Å². The molecule has 1 fully saturated rings. The zero-order valence-electron chi connectivity index (χ0n) is 10.7. The van der Waals surface area contributed by atoms with Gasteiger partial charge in [-0.25, -0.2) is 4.98 Å². The second kappa shape index (κ2) is 5.08. The maximum atomic E-state index is 5.29. The molecule has 96 valence electrons. The standard InChI is InChI=1S/C14H19N3O/c1-18-10-14-16-12-4-2-3-5-13(12)17(14)11-6-8-15-9-7-11/h2-5,11,15H,6-10H2,1H3. The molecule has 0 unspecified atom stereocenters. The largest absolute Gasteiger partial charge is 0.377 e. The van der Waals surface area contributed by atoms with E-state index in [9.17, 15) is 0 Å². The van der Waals surface area contributed by atoms with Crippen LogP contribution in [0.3, 0.4) is 0 Å². The summed E-state index contributed by atoms with van der Waals surface area (Å²) < 4.78 is 7.66. The molecule has 4 heteroatoms. The number of benzene rings is 1. The molecule has 0 aliphatic carbocycles. The minimum absolute atomic E-state index is 0.545. The van der Waals surface area contributed by atoms with E-state index in [4.69, 9.17) is 9.72 Å². The first-order valence-corrected chi connectivity index (χ1v) is 6.55. The number of aromatic nitrogens is 2. The molecule has 1 aromatic heterocycles. The van der Waals surface area contributed by atoms with Gasteiger partial charge in [0.05, 0.1) is 11.0 Å². The van der Waals surface area contributed by atoms with Crippen LogP contribution in [0.2, 0.25) is 0 Å². The average molecular weight is 245 g/mol. The van der Waals surface area contributed by atoms with Crippen molar-refractivity contribution in [1.82, 2.24) is 14.9 Å². The van der Waals surface area contributed by atoms with Crippen LogP contribution in [-0.4, -0.2) is 29.8 Å². The predicted octanol–water partition coefficient (Wildman–Crippen LogP) is 2.11. The van der Waals surface area contributed by atoms with Gasteiger partial charge in [-0.2, -0.15) is 0 Å². The molecule has 3 rings (SSSR count). The highest BCUT2D eigenvalue weighted by molar-refractivity contribution is 5.76. The van der Waals surface area contributed by atoms with Crippen LogP contribution < -0.4 is 5.32 Å². The van der Waals surface area contributed by atoms with Gasteiger partial charge in [0.1, 0.15) is 12.4 Å². The van der Waals surface area contributed by atoms with Gasteiger partial charge in [-0.05, 0) is 38.1 Å². The summed E-state index contributed by atoms with van der Waals surface area (Å²) >= 11 is 0. The summed E-state index contributed by atoms with van der Waals surface area (Å²) in [5, 5.41) is 3.41. The second-order valence-electron chi connectivity index (χ2n) is 4.80. The Morgan fingerprint density at radius 3 is 2.89 bits per heavy atom. The smallest absolute Gasteiger partial charge is 0.136 e. The lowest BCUT2D eigenvalue weighted by atomic mass is 10.1. The van der Waals surface area contributed by atoms with Crippen molar-refractivity contribution >= 4 is 11.0 Å². The van der Waals surface area contributed by atoms with Gasteiger partial charge in [0.2, 0.25) is 0 Å². The highest BCUT2D eigenvalue weighted by atomic mass is 16.5. The Labute approximate surface area is 107 Å². The normalized spacial score (nSPS) is 17.4. The summed E-state index contributed by atoms with van der Waals surface area (Å²) in [4.78, 5) is 4.70. The van der Waals surface area contributed by atoms with Crippen molar-refractivity contribution in [2.75, 3.05) is 20.2 Å². The first-order chi connectivity index (χ1) is 8.90. The van der Waals surface area contributed by atoms with E-state index in [1.165, 1.54) is 5.52 Å². The van der Waals surface area contributed by atoms with Gasteiger partial charge < -0.3 is 14.6 Å². The van der Waals surface area contributed by atoms with Crippen molar-refractivity contribution in [3.8, 4) is 0 Å². The highest BCUT2D eigenvalue weighted by Gasteiger charge is 2.20. The lowest BCUT2D eigenvalue weighted by Crippen LogP contribution is -2.30.